The average molecular weight is 619 g/mol. The Bertz CT molecular complexity index is 1840. The number of carboxylic acids is 1. The molecule has 5 rings (SSSR count). The van der Waals surface area contributed by atoms with Gasteiger partial charge in [-0.05, 0) is 56.3 Å². The van der Waals surface area contributed by atoms with E-state index in [0.29, 0.717) is 34.1 Å². The van der Waals surface area contributed by atoms with Gasteiger partial charge in [-0.3, -0.25) is 24.0 Å². The average Bonchev–Trinajstić information content (AvgIpc) is 3.25. The van der Waals surface area contributed by atoms with Crippen LogP contribution in [0.4, 0.5) is 5.82 Å². The zero-order valence-corrected chi connectivity index (χ0v) is 25.0. The van der Waals surface area contributed by atoms with Crippen LogP contribution >= 0.6 is 12.4 Å². The first-order valence-corrected chi connectivity index (χ1v) is 13.5. The molecule has 0 aliphatic rings. The number of carbonyl (C=O) groups is 2. The van der Waals surface area contributed by atoms with Gasteiger partial charge in [-0.25, -0.2) is 9.67 Å². The van der Waals surface area contributed by atoms with Crippen LogP contribution in [0.15, 0.2) is 83.9 Å². The van der Waals surface area contributed by atoms with E-state index in [-0.39, 0.29) is 42.9 Å². The molecule has 3 N–H and O–H groups in total. The number of hydrogen-bond donors (Lipinski definition) is 3. The molecule has 44 heavy (non-hydrogen) atoms. The molecular weight excluding hydrogens is 588 g/mol. The normalized spacial score (nSPS) is 11.4. The largest absolute Gasteiger partial charge is 0.497 e. The molecule has 0 fully saturated rings. The zero-order chi connectivity index (χ0) is 30.5. The minimum atomic E-state index is -0.990. The maximum absolute atomic E-state index is 13.6. The second-order valence-electron chi connectivity index (χ2n) is 9.80. The maximum atomic E-state index is 13.6. The Morgan fingerprint density at radius 3 is 2.45 bits per heavy atom. The van der Waals surface area contributed by atoms with Crippen molar-refractivity contribution in [2.24, 2.45) is 0 Å². The predicted molar refractivity (Wildman–Crippen MR) is 168 cm³/mol. The molecule has 1 amide bonds. The first kappa shape index (κ1) is 31.7. The van der Waals surface area contributed by atoms with Crippen molar-refractivity contribution in [2.45, 2.75) is 26.4 Å². The topological polar surface area (TPSA) is 150 Å². The Kier molecular flexibility index (Phi) is 9.99. The Hall–Kier alpha value is -5.20. The third-order valence-corrected chi connectivity index (χ3v) is 6.79. The van der Waals surface area contributed by atoms with Gasteiger partial charge in [-0.2, -0.15) is 0 Å². The molecule has 0 bridgehead atoms. The van der Waals surface area contributed by atoms with E-state index in [1.165, 1.54) is 10.9 Å². The van der Waals surface area contributed by atoms with Crippen LogP contribution in [-0.4, -0.2) is 56.0 Å². The molecule has 0 radical (unpaired) electrons. The quantitative estimate of drug-likeness (QED) is 0.195. The van der Waals surface area contributed by atoms with Crippen LogP contribution in [-0.2, 0) is 11.3 Å². The Morgan fingerprint density at radius 1 is 1.02 bits per heavy atom. The highest BCUT2D eigenvalue weighted by atomic mass is 35.5. The van der Waals surface area contributed by atoms with Gasteiger partial charge in [0, 0.05) is 23.7 Å². The number of ether oxygens (including phenoxy) is 2. The molecule has 12 nitrogen and oxygen atoms in total. The first-order chi connectivity index (χ1) is 20.7. The fourth-order valence-electron chi connectivity index (χ4n) is 4.68. The summed E-state index contributed by atoms with van der Waals surface area (Å²) in [5, 5.41) is 15.4. The van der Waals surface area contributed by atoms with Crippen molar-refractivity contribution in [1.82, 2.24) is 24.6 Å². The van der Waals surface area contributed by atoms with Crippen molar-refractivity contribution in [3.63, 3.8) is 0 Å². The van der Waals surface area contributed by atoms with Crippen molar-refractivity contribution >= 4 is 41.0 Å². The van der Waals surface area contributed by atoms with Crippen LogP contribution in [0.1, 0.15) is 23.0 Å². The van der Waals surface area contributed by atoms with Crippen LogP contribution in [0.25, 0.3) is 16.6 Å². The molecular formula is C31H31ClN6O6. The van der Waals surface area contributed by atoms with Crippen LogP contribution in [0.2, 0.25) is 0 Å². The number of nitrogens with one attached hydrogen (secondary N) is 2. The fraction of sp³-hybridized carbons (Fsp3) is 0.194. The molecule has 0 aliphatic heterocycles. The second kappa shape index (κ2) is 13.8. The lowest BCUT2D eigenvalue weighted by Crippen LogP contribution is -2.36. The minimum absolute atomic E-state index is 0. The number of halogens is 1. The molecule has 5 aromatic rings. The summed E-state index contributed by atoms with van der Waals surface area (Å²) in [5.41, 5.74) is 1.16. The van der Waals surface area contributed by atoms with Crippen molar-refractivity contribution in [2.75, 3.05) is 19.0 Å². The number of benzene rings is 2. The van der Waals surface area contributed by atoms with E-state index in [2.05, 4.69) is 20.6 Å². The van der Waals surface area contributed by atoms with Gasteiger partial charge in [0.25, 0.3) is 11.5 Å². The first-order valence-electron chi connectivity index (χ1n) is 13.5. The van der Waals surface area contributed by atoms with Crippen LogP contribution in [0.5, 0.6) is 17.2 Å². The highest BCUT2D eigenvalue weighted by Gasteiger charge is 2.25. The van der Waals surface area contributed by atoms with Gasteiger partial charge in [0.2, 0.25) is 0 Å². The zero-order valence-electron chi connectivity index (χ0n) is 24.2. The molecule has 0 aliphatic carbocycles. The Balaban J connectivity index is 0.00000442. The number of methoxy groups -OCH3 is 1. The summed E-state index contributed by atoms with van der Waals surface area (Å²) >= 11 is 0. The van der Waals surface area contributed by atoms with E-state index in [4.69, 9.17) is 14.6 Å². The lowest BCUT2D eigenvalue weighted by atomic mass is 10.2. The maximum Gasteiger partial charge on any atom is 0.317 e. The lowest BCUT2D eigenvalue weighted by molar-refractivity contribution is -0.136. The van der Waals surface area contributed by atoms with E-state index in [1.54, 1.807) is 74.3 Å². The summed E-state index contributed by atoms with van der Waals surface area (Å²) in [6.07, 6.45) is 3.11. The van der Waals surface area contributed by atoms with E-state index in [9.17, 15) is 14.4 Å². The van der Waals surface area contributed by atoms with E-state index in [0.717, 1.165) is 5.39 Å². The standard InChI is InChI=1S/C31H30N6O6.ClH/c1-19(33-17-28(38)39)18-36-20(2)29(31(41)37(36)21-7-5-4-6-8-21)30(40)35-27-12-10-23(16-34-27)43-26-13-14-32-25-15-22(42-3)9-11-24(25)26;/h4-16,19,33H,17-18H2,1-3H3,(H,38,39)(H,34,35,40);1H. The van der Waals surface area contributed by atoms with Crippen LogP contribution in [0, 0.1) is 6.92 Å². The highest BCUT2D eigenvalue weighted by Crippen LogP contribution is 2.30. The molecule has 1 atom stereocenters. The number of carboxylic acid groups (broad SMARTS) is 1. The van der Waals surface area contributed by atoms with Gasteiger partial charge in [-0.1, -0.05) is 18.2 Å². The number of aliphatic carboxylic acids is 1. The summed E-state index contributed by atoms with van der Waals surface area (Å²) in [4.78, 5) is 46.7. The summed E-state index contributed by atoms with van der Waals surface area (Å²) in [7, 11) is 1.59. The number of hydrogen-bond acceptors (Lipinski definition) is 8. The smallest absolute Gasteiger partial charge is 0.317 e. The SMILES string of the molecule is COc1ccc2c(Oc3ccc(NC(=O)c4c(C)n(CC(C)NCC(=O)O)n(-c5ccccc5)c4=O)nc3)ccnc2c1.Cl. The molecule has 2 aromatic carbocycles. The summed E-state index contributed by atoms with van der Waals surface area (Å²) in [5.74, 6) is 0.331. The third kappa shape index (κ3) is 6.88. The molecule has 0 saturated heterocycles. The van der Waals surface area contributed by atoms with Crippen LogP contribution < -0.4 is 25.7 Å². The predicted octanol–water partition coefficient (Wildman–Crippen LogP) is 4.43. The van der Waals surface area contributed by atoms with Crippen molar-refractivity contribution in [3.8, 4) is 22.9 Å². The Morgan fingerprint density at radius 2 is 1.77 bits per heavy atom. The fourth-order valence-corrected chi connectivity index (χ4v) is 4.68. The van der Waals surface area contributed by atoms with E-state index < -0.39 is 17.4 Å². The number of fused-ring (bicyclic) bond motifs is 1. The number of para-hydroxylation sites is 1. The van der Waals surface area contributed by atoms with Crippen LogP contribution in [0.3, 0.4) is 0 Å². The number of aromatic nitrogens is 4. The molecule has 1 unspecified atom stereocenters. The highest BCUT2D eigenvalue weighted by molar-refractivity contribution is 6.04. The second-order valence-corrected chi connectivity index (χ2v) is 9.80. The number of amides is 1. The molecule has 13 heteroatoms. The summed E-state index contributed by atoms with van der Waals surface area (Å²) < 4.78 is 14.4. The van der Waals surface area contributed by atoms with Gasteiger partial charge >= 0.3 is 5.97 Å². The molecule has 228 valence electrons. The van der Waals surface area contributed by atoms with Gasteiger partial charge < -0.3 is 25.2 Å². The minimum Gasteiger partial charge on any atom is -0.497 e. The summed E-state index contributed by atoms with van der Waals surface area (Å²) in [6, 6.07) is 19.1. The third-order valence-electron chi connectivity index (χ3n) is 6.79. The summed E-state index contributed by atoms with van der Waals surface area (Å²) in [6.45, 7) is 3.50. The van der Waals surface area contributed by atoms with E-state index in [1.807, 2.05) is 24.3 Å². The van der Waals surface area contributed by atoms with Crippen molar-refractivity contribution in [1.29, 1.82) is 0 Å². The van der Waals surface area contributed by atoms with Gasteiger partial charge in [0.15, 0.2) is 0 Å². The number of nitrogens with zero attached hydrogens (tertiary/aromatic N) is 4. The number of anilines is 1. The van der Waals surface area contributed by atoms with E-state index >= 15 is 0 Å². The number of carbonyl (C=O) groups excluding carboxylic acids is 1. The van der Waals surface area contributed by atoms with Gasteiger partial charge in [0.1, 0.15) is 28.6 Å². The molecule has 3 heterocycles. The monoisotopic (exact) mass is 618 g/mol. The van der Waals surface area contributed by atoms with Gasteiger partial charge in [0.05, 0.1) is 43.3 Å². The number of pyridine rings is 2. The Labute approximate surface area is 258 Å². The van der Waals surface area contributed by atoms with Crippen molar-refractivity contribution < 1.29 is 24.2 Å². The van der Waals surface area contributed by atoms with Gasteiger partial charge in [-0.15, -0.1) is 12.4 Å². The lowest BCUT2D eigenvalue weighted by Gasteiger charge is -2.18. The number of rotatable bonds is 11. The molecule has 3 aromatic heterocycles. The van der Waals surface area contributed by atoms with Crippen molar-refractivity contribution in [3.05, 3.63) is 101 Å². The molecule has 0 spiro atoms. The molecule has 0 saturated carbocycles.